The third-order valence-corrected chi connectivity index (χ3v) is 7.15. The van der Waals surface area contributed by atoms with Crippen LogP contribution in [0.5, 0.6) is 0 Å². The third-order valence-electron chi connectivity index (χ3n) is 3.83. The minimum absolute atomic E-state index is 0.152. The Kier molecular flexibility index (Phi) is 6.14. The van der Waals surface area contributed by atoms with Gasteiger partial charge in [-0.25, -0.2) is 8.42 Å². The second-order valence-corrected chi connectivity index (χ2v) is 8.39. The summed E-state index contributed by atoms with van der Waals surface area (Å²) in [6, 6.07) is 3.18. The molecule has 23 heavy (non-hydrogen) atoms. The molecule has 0 unspecified atom stereocenters. The first-order valence-electron chi connectivity index (χ1n) is 7.52. The van der Waals surface area contributed by atoms with Crippen molar-refractivity contribution < 1.29 is 18.0 Å². The van der Waals surface area contributed by atoms with E-state index in [2.05, 4.69) is 10.6 Å². The van der Waals surface area contributed by atoms with Crippen LogP contribution in [0.2, 0.25) is 0 Å². The lowest BCUT2D eigenvalue weighted by Crippen LogP contribution is -2.46. The lowest BCUT2D eigenvalue weighted by atomic mass is 10.0. The Labute approximate surface area is 140 Å². The van der Waals surface area contributed by atoms with Crippen LogP contribution in [-0.4, -0.2) is 50.7 Å². The molecule has 1 aliphatic heterocycles. The molecule has 128 valence electrons. The molecule has 0 spiro atoms. The van der Waals surface area contributed by atoms with Gasteiger partial charge < -0.3 is 10.6 Å². The van der Waals surface area contributed by atoms with Gasteiger partial charge in [0.25, 0.3) is 10.0 Å². The van der Waals surface area contributed by atoms with Crippen molar-refractivity contribution in [2.75, 3.05) is 20.1 Å². The summed E-state index contributed by atoms with van der Waals surface area (Å²) in [5.74, 6) is -1.40. The molecule has 7 nitrogen and oxygen atoms in total. The van der Waals surface area contributed by atoms with Crippen molar-refractivity contribution in [1.82, 2.24) is 14.9 Å². The normalized spacial score (nSPS) is 19.3. The zero-order valence-electron chi connectivity index (χ0n) is 12.9. The molecule has 0 saturated carbocycles. The van der Waals surface area contributed by atoms with Gasteiger partial charge in [0.2, 0.25) is 0 Å². The SMILES string of the molecule is CNC(=O)C(=O)NCC[C@H]1CCCCN1S(=O)(=O)c1cccs1. The fourth-order valence-corrected chi connectivity index (χ4v) is 5.49. The Morgan fingerprint density at radius 2 is 2.13 bits per heavy atom. The minimum Gasteiger partial charge on any atom is -0.351 e. The summed E-state index contributed by atoms with van der Waals surface area (Å²) in [7, 11) is -2.09. The minimum atomic E-state index is -3.48. The number of thiophene rings is 1. The summed E-state index contributed by atoms with van der Waals surface area (Å²) in [5, 5.41) is 6.51. The van der Waals surface area contributed by atoms with E-state index in [1.54, 1.807) is 17.5 Å². The summed E-state index contributed by atoms with van der Waals surface area (Å²) in [5.41, 5.74) is 0. The van der Waals surface area contributed by atoms with Gasteiger partial charge in [-0.05, 0) is 30.7 Å². The second-order valence-electron chi connectivity index (χ2n) is 5.32. The molecule has 1 fully saturated rings. The summed E-state index contributed by atoms with van der Waals surface area (Å²) >= 11 is 1.21. The monoisotopic (exact) mass is 359 g/mol. The maximum atomic E-state index is 12.7. The fraction of sp³-hybridized carbons (Fsp3) is 0.571. The van der Waals surface area contributed by atoms with E-state index in [0.717, 1.165) is 19.3 Å². The first-order valence-corrected chi connectivity index (χ1v) is 9.84. The van der Waals surface area contributed by atoms with Gasteiger partial charge in [-0.1, -0.05) is 12.5 Å². The van der Waals surface area contributed by atoms with Crippen molar-refractivity contribution in [2.24, 2.45) is 0 Å². The first kappa shape index (κ1) is 17.9. The zero-order valence-corrected chi connectivity index (χ0v) is 14.6. The number of carbonyl (C=O) groups excluding carboxylic acids is 2. The number of rotatable bonds is 5. The number of piperidine rings is 1. The molecule has 0 bridgehead atoms. The molecule has 2 N–H and O–H groups in total. The van der Waals surface area contributed by atoms with Crippen molar-refractivity contribution in [1.29, 1.82) is 0 Å². The highest BCUT2D eigenvalue weighted by Gasteiger charge is 2.33. The molecule has 0 aromatic carbocycles. The highest BCUT2D eigenvalue weighted by atomic mass is 32.2. The fourth-order valence-electron chi connectivity index (χ4n) is 2.65. The van der Waals surface area contributed by atoms with E-state index < -0.39 is 21.8 Å². The first-order chi connectivity index (χ1) is 11.0. The maximum Gasteiger partial charge on any atom is 0.309 e. The van der Waals surface area contributed by atoms with Crippen LogP contribution in [0.1, 0.15) is 25.7 Å². The van der Waals surface area contributed by atoms with E-state index >= 15 is 0 Å². The smallest absolute Gasteiger partial charge is 0.309 e. The van der Waals surface area contributed by atoms with E-state index in [1.807, 2.05) is 0 Å². The average molecular weight is 359 g/mol. The number of nitrogens with one attached hydrogen (secondary N) is 2. The van der Waals surface area contributed by atoms with Crippen molar-refractivity contribution in [2.45, 2.75) is 35.9 Å². The van der Waals surface area contributed by atoms with Gasteiger partial charge in [-0.3, -0.25) is 9.59 Å². The number of carbonyl (C=O) groups is 2. The van der Waals surface area contributed by atoms with E-state index in [9.17, 15) is 18.0 Å². The van der Waals surface area contributed by atoms with E-state index in [0.29, 0.717) is 17.2 Å². The molecular formula is C14H21N3O4S2. The molecule has 1 aromatic rings. The molecule has 0 aliphatic carbocycles. The lowest BCUT2D eigenvalue weighted by Gasteiger charge is -2.34. The number of hydrogen-bond acceptors (Lipinski definition) is 5. The van der Waals surface area contributed by atoms with Crippen LogP contribution in [0.25, 0.3) is 0 Å². The van der Waals surface area contributed by atoms with Crippen molar-refractivity contribution >= 4 is 33.2 Å². The number of likely N-dealkylation sites (N-methyl/N-ethyl adjacent to an activating group) is 1. The summed E-state index contributed by atoms with van der Waals surface area (Å²) in [4.78, 5) is 22.6. The van der Waals surface area contributed by atoms with Crippen LogP contribution in [0.3, 0.4) is 0 Å². The van der Waals surface area contributed by atoms with E-state index in [-0.39, 0.29) is 12.6 Å². The Morgan fingerprint density at radius 1 is 1.35 bits per heavy atom. The molecule has 9 heteroatoms. The second kappa shape index (κ2) is 7.89. The molecule has 0 radical (unpaired) electrons. The van der Waals surface area contributed by atoms with Crippen LogP contribution >= 0.6 is 11.3 Å². The number of hydrogen-bond donors (Lipinski definition) is 2. The highest BCUT2D eigenvalue weighted by molar-refractivity contribution is 7.91. The van der Waals surface area contributed by atoms with Crippen molar-refractivity contribution in [3.05, 3.63) is 17.5 Å². The van der Waals surface area contributed by atoms with Gasteiger partial charge in [0.1, 0.15) is 4.21 Å². The largest absolute Gasteiger partial charge is 0.351 e. The number of sulfonamides is 1. The Bertz CT molecular complexity index is 643. The highest BCUT2D eigenvalue weighted by Crippen LogP contribution is 2.28. The number of amides is 2. The van der Waals surface area contributed by atoms with Crippen LogP contribution < -0.4 is 10.6 Å². The average Bonchev–Trinajstić information content (AvgIpc) is 3.09. The molecule has 1 saturated heterocycles. The van der Waals surface area contributed by atoms with Crippen LogP contribution in [-0.2, 0) is 19.6 Å². The van der Waals surface area contributed by atoms with Gasteiger partial charge >= 0.3 is 11.8 Å². The lowest BCUT2D eigenvalue weighted by molar-refractivity contribution is -0.138. The van der Waals surface area contributed by atoms with Crippen molar-refractivity contribution in [3.63, 3.8) is 0 Å². The number of nitrogens with zero attached hydrogens (tertiary/aromatic N) is 1. The van der Waals surface area contributed by atoms with Crippen LogP contribution in [0, 0.1) is 0 Å². The summed E-state index contributed by atoms with van der Waals surface area (Å²) in [6.07, 6.45) is 3.06. The Balaban J connectivity index is 1.99. The zero-order chi connectivity index (χ0) is 16.9. The molecule has 1 aromatic heterocycles. The topological polar surface area (TPSA) is 95.6 Å². The summed E-state index contributed by atoms with van der Waals surface area (Å²) < 4.78 is 27.3. The van der Waals surface area contributed by atoms with Gasteiger partial charge in [0, 0.05) is 26.2 Å². The van der Waals surface area contributed by atoms with Crippen LogP contribution in [0.4, 0.5) is 0 Å². The van der Waals surface area contributed by atoms with Crippen LogP contribution in [0.15, 0.2) is 21.7 Å². The van der Waals surface area contributed by atoms with Crippen molar-refractivity contribution in [3.8, 4) is 0 Å². The van der Waals surface area contributed by atoms with E-state index in [4.69, 9.17) is 0 Å². The van der Waals surface area contributed by atoms with Gasteiger partial charge in [-0.15, -0.1) is 11.3 Å². The predicted molar refractivity (Wildman–Crippen MR) is 87.5 cm³/mol. The molecule has 2 heterocycles. The molecule has 2 amide bonds. The molecular weight excluding hydrogens is 338 g/mol. The standard InChI is InChI=1S/C14H21N3O4S2/c1-15-13(18)14(19)16-8-7-11-5-2-3-9-17(11)23(20,21)12-6-4-10-22-12/h4,6,10-11H,2-3,5,7-9H2,1H3,(H,15,18)(H,16,19)/t11-/m1/s1. The van der Waals surface area contributed by atoms with E-state index in [1.165, 1.54) is 22.7 Å². The van der Waals surface area contributed by atoms with Gasteiger partial charge in [0.05, 0.1) is 0 Å². The molecule has 1 atom stereocenters. The predicted octanol–water partition coefficient (Wildman–Crippen LogP) is 0.544. The molecule has 2 rings (SSSR count). The van der Waals surface area contributed by atoms with Gasteiger partial charge in [0.15, 0.2) is 0 Å². The third kappa shape index (κ3) is 4.30. The Morgan fingerprint density at radius 3 is 2.78 bits per heavy atom. The summed E-state index contributed by atoms with van der Waals surface area (Å²) in [6.45, 7) is 0.766. The maximum absolute atomic E-state index is 12.7. The Hall–Kier alpha value is -1.45. The molecule has 1 aliphatic rings. The van der Waals surface area contributed by atoms with Gasteiger partial charge in [-0.2, -0.15) is 4.31 Å². The quantitative estimate of drug-likeness (QED) is 0.750.